The predicted molar refractivity (Wildman–Crippen MR) is 98.3 cm³/mol. The van der Waals surface area contributed by atoms with Crippen molar-refractivity contribution in [1.82, 2.24) is 10.6 Å². The first kappa shape index (κ1) is 21.6. The molecule has 0 unspecified atom stereocenters. The third-order valence-corrected chi connectivity index (χ3v) is 4.42. The van der Waals surface area contributed by atoms with Gasteiger partial charge in [-0.15, -0.1) is 0 Å². The minimum Gasteiger partial charge on any atom is -0.379 e. The van der Waals surface area contributed by atoms with Gasteiger partial charge in [-0.05, 0) is 25.7 Å². The molecule has 2 amide bonds. The Kier molecular flexibility index (Phi) is 10.3. The molecule has 7 nitrogen and oxygen atoms in total. The molecule has 0 aromatic heterocycles. The van der Waals surface area contributed by atoms with Gasteiger partial charge in [0.05, 0.1) is 13.2 Å². The molecule has 0 aromatic carbocycles. The molecule has 0 heterocycles. The van der Waals surface area contributed by atoms with Gasteiger partial charge in [0, 0.05) is 40.8 Å². The summed E-state index contributed by atoms with van der Waals surface area (Å²) in [6.45, 7) is 5.10. The minimum absolute atomic E-state index is 0. The van der Waals surface area contributed by atoms with Gasteiger partial charge in [-0.2, -0.15) is 0 Å². The van der Waals surface area contributed by atoms with Crippen molar-refractivity contribution in [3.63, 3.8) is 0 Å². The van der Waals surface area contributed by atoms with E-state index in [2.05, 4.69) is 10.6 Å². The van der Waals surface area contributed by atoms with Crippen molar-refractivity contribution in [2.45, 2.75) is 52.0 Å². The Balaban J connectivity index is 0. The molecule has 0 aliphatic heterocycles. The Bertz CT molecular complexity index is 441. The smallest absolute Gasteiger partial charge is 0.246 e. The van der Waals surface area contributed by atoms with Crippen molar-refractivity contribution in [2.24, 2.45) is 11.8 Å². The van der Waals surface area contributed by atoms with E-state index in [4.69, 9.17) is 9.47 Å². The summed E-state index contributed by atoms with van der Waals surface area (Å²) in [6.07, 6.45) is 3.58. The summed E-state index contributed by atoms with van der Waals surface area (Å²) in [5.74, 6) is 0.168. The Morgan fingerprint density at radius 1 is 1.12 bits per heavy atom. The van der Waals surface area contributed by atoms with E-state index in [1.54, 1.807) is 0 Å². The fourth-order valence-corrected chi connectivity index (χ4v) is 2.85. The van der Waals surface area contributed by atoms with Crippen LogP contribution in [0, 0.1) is 11.8 Å². The van der Waals surface area contributed by atoms with Crippen LogP contribution < -0.4 is 10.6 Å². The van der Waals surface area contributed by atoms with Crippen LogP contribution in [0.1, 0.15) is 48.8 Å². The van der Waals surface area contributed by atoms with Crippen molar-refractivity contribution in [1.29, 1.82) is 0 Å². The van der Waals surface area contributed by atoms with E-state index in [9.17, 15) is 14.4 Å². The first-order chi connectivity index (χ1) is 11.9. The molecule has 25 heavy (non-hydrogen) atoms. The van der Waals surface area contributed by atoms with Gasteiger partial charge in [-0.3, -0.25) is 14.4 Å². The van der Waals surface area contributed by atoms with Gasteiger partial charge in [0.1, 0.15) is 12.4 Å². The van der Waals surface area contributed by atoms with Gasteiger partial charge in [0.15, 0.2) is 0 Å². The molecule has 1 rings (SSSR count). The molecule has 0 saturated heterocycles. The number of hydrogen-bond acceptors (Lipinski definition) is 5. The number of hydrogen-bond donors (Lipinski definition) is 2. The number of ketones is 1. The SMILES string of the molecule is COCC(=O)NC1CCC(C(=O)NCCOCCC(=O)C(C)C)CC1.[HH].[HH]. The third kappa shape index (κ3) is 8.97. The number of rotatable bonds is 11. The van der Waals surface area contributed by atoms with E-state index < -0.39 is 0 Å². The molecule has 0 radical (unpaired) electrons. The van der Waals surface area contributed by atoms with Crippen LogP contribution in [-0.2, 0) is 23.9 Å². The van der Waals surface area contributed by atoms with Crippen LogP contribution >= 0.6 is 0 Å². The molecule has 2 N–H and O–H groups in total. The van der Waals surface area contributed by atoms with Crippen molar-refractivity contribution in [3.05, 3.63) is 0 Å². The van der Waals surface area contributed by atoms with E-state index >= 15 is 0 Å². The normalized spacial score (nSPS) is 20.3. The lowest BCUT2D eigenvalue weighted by Gasteiger charge is -2.28. The molecule has 1 fully saturated rings. The lowest BCUT2D eigenvalue weighted by molar-refractivity contribution is -0.127. The molecule has 148 valence electrons. The molecular formula is C18H36N2O5. The molecule has 0 atom stereocenters. The topological polar surface area (TPSA) is 93.7 Å². The number of carbonyl (C=O) groups excluding carboxylic acids is 3. The molecule has 0 spiro atoms. The maximum Gasteiger partial charge on any atom is 0.246 e. The van der Waals surface area contributed by atoms with Gasteiger partial charge < -0.3 is 20.1 Å². The highest BCUT2D eigenvalue weighted by atomic mass is 16.5. The second-order valence-electron chi connectivity index (χ2n) is 6.82. The van der Waals surface area contributed by atoms with Crippen LogP contribution in [0.15, 0.2) is 0 Å². The summed E-state index contributed by atoms with van der Waals surface area (Å²) in [5, 5.41) is 5.80. The van der Waals surface area contributed by atoms with E-state index in [1.807, 2.05) is 13.8 Å². The number of Topliss-reactive ketones (excluding diaryl/α,β-unsaturated/α-hetero) is 1. The van der Waals surface area contributed by atoms with Crippen LogP contribution in [0.25, 0.3) is 0 Å². The zero-order valence-electron chi connectivity index (χ0n) is 15.6. The van der Waals surface area contributed by atoms with Crippen LogP contribution in [0.2, 0.25) is 0 Å². The van der Waals surface area contributed by atoms with E-state index in [1.165, 1.54) is 7.11 Å². The maximum atomic E-state index is 12.1. The Labute approximate surface area is 153 Å². The van der Waals surface area contributed by atoms with Crippen molar-refractivity contribution in [2.75, 3.05) is 33.5 Å². The van der Waals surface area contributed by atoms with E-state index in [0.717, 1.165) is 25.7 Å². The average Bonchev–Trinajstić information content (AvgIpc) is 2.58. The predicted octanol–water partition coefficient (Wildman–Crippen LogP) is 1.55. The number of methoxy groups -OCH3 is 1. The molecule has 0 aromatic rings. The first-order valence-electron chi connectivity index (χ1n) is 9.10. The zero-order chi connectivity index (χ0) is 18.7. The zero-order valence-corrected chi connectivity index (χ0v) is 15.6. The quantitative estimate of drug-likeness (QED) is 0.545. The van der Waals surface area contributed by atoms with Crippen molar-refractivity contribution < 1.29 is 26.7 Å². The summed E-state index contributed by atoms with van der Waals surface area (Å²) in [4.78, 5) is 35.1. The van der Waals surface area contributed by atoms with Gasteiger partial charge in [-0.1, -0.05) is 13.8 Å². The van der Waals surface area contributed by atoms with Gasteiger partial charge in [0.25, 0.3) is 0 Å². The lowest BCUT2D eigenvalue weighted by Crippen LogP contribution is -2.42. The second-order valence-corrected chi connectivity index (χ2v) is 6.82. The van der Waals surface area contributed by atoms with Crippen LogP contribution in [0.3, 0.4) is 0 Å². The van der Waals surface area contributed by atoms with Gasteiger partial charge in [-0.25, -0.2) is 0 Å². The minimum atomic E-state index is -0.108. The summed E-state index contributed by atoms with van der Waals surface area (Å²) in [5.41, 5.74) is 0. The summed E-state index contributed by atoms with van der Waals surface area (Å²) < 4.78 is 10.2. The molecule has 1 aliphatic rings. The van der Waals surface area contributed by atoms with E-state index in [-0.39, 0.29) is 44.9 Å². The fourth-order valence-electron chi connectivity index (χ4n) is 2.85. The molecule has 1 saturated carbocycles. The number of amides is 2. The average molecular weight is 360 g/mol. The van der Waals surface area contributed by atoms with Gasteiger partial charge in [0.2, 0.25) is 11.8 Å². The highest BCUT2D eigenvalue weighted by Gasteiger charge is 2.26. The summed E-state index contributed by atoms with van der Waals surface area (Å²) in [7, 11) is 1.49. The Morgan fingerprint density at radius 2 is 1.80 bits per heavy atom. The molecular weight excluding hydrogens is 324 g/mol. The van der Waals surface area contributed by atoms with Crippen molar-refractivity contribution in [3.8, 4) is 0 Å². The maximum absolute atomic E-state index is 12.1. The Hall–Kier alpha value is -1.47. The first-order valence-corrected chi connectivity index (χ1v) is 9.10. The fraction of sp³-hybridized carbons (Fsp3) is 0.833. The largest absolute Gasteiger partial charge is 0.379 e. The monoisotopic (exact) mass is 360 g/mol. The molecule has 7 heteroatoms. The molecule has 1 aliphatic carbocycles. The summed E-state index contributed by atoms with van der Waals surface area (Å²) >= 11 is 0. The van der Waals surface area contributed by atoms with Crippen LogP contribution in [-0.4, -0.2) is 57.1 Å². The van der Waals surface area contributed by atoms with Gasteiger partial charge >= 0.3 is 0 Å². The highest BCUT2D eigenvalue weighted by molar-refractivity contribution is 5.80. The van der Waals surface area contributed by atoms with E-state index in [0.29, 0.717) is 26.2 Å². The second kappa shape index (κ2) is 12.0. The Morgan fingerprint density at radius 3 is 2.40 bits per heavy atom. The lowest BCUT2D eigenvalue weighted by atomic mass is 9.85. The number of carbonyl (C=O) groups is 3. The highest BCUT2D eigenvalue weighted by Crippen LogP contribution is 2.24. The third-order valence-electron chi connectivity index (χ3n) is 4.42. The van der Waals surface area contributed by atoms with Crippen LogP contribution in [0.5, 0.6) is 0 Å². The standard InChI is InChI=1S/C18H32N2O5.2H2/c1-13(2)16(21)8-10-25-11-9-19-18(23)14-4-6-15(7-5-14)20-17(22)12-24-3;;/h13-15H,4-12H2,1-3H3,(H,19,23)(H,20,22);2*1H. The van der Waals surface area contributed by atoms with Crippen LogP contribution in [0.4, 0.5) is 0 Å². The summed E-state index contributed by atoms with van der Waals surface area (Å²) in [6, 6.07) is 0.133. The number of nitrogens with one attached hydrogen (secondary N) is 2. The molecule has 0 bridgehead atoms. The van der Waals surface area contributed by atoms with Crippen molar-refractivity contribution >= 4 is 17.6 Å². The number of ether oxygens (including phenoxy) is 2.